The molecule has 0 unspecified atom stereocenters. The molecule has 0 bridgehead atoms. The molecule has 0 saturated heterocycles. The predicted molar refractivity (Wildman–Crippen MR) is 75.9 cm³/mol. The van der Waals surface area contributed by atoms with Gasteiger partial charge in [0.1, 0.15) is 5.82 Å². The smallest absolute Gasteiger partial charge is 0.211 e. The van der Waals surface area contributed by atoms with Gasteiger partial charge in [-0.2, -0.15) is 5.26 Å². The van der Waals surface area contributed by atoms with E-state index in [1.54, 1.807) is 32.0 Å². The average Bonchev–Trinajstić information content (AvgIpc) is 2.37. The first-order valence-electron chi connectivity index (χ1n) is 6.54. The van der Waals surface area contributed by atoms with Gasteiger partial charge >= 0.3 is 0 Å². The van der Waals surface area contributed by atoms with Crippen molar-refractivity contribution in [1.29, 1.82) is 5.26 Å². The maximum Gasteiger partial charge on any atom is 0.228 e. The molecule has 20 heavy (non-hydrogen) atoms. The standard InChI is InChI=1S/C14H19FN2O2S/c1-3-14(10-16)20(18,19)17-11(2)7-8-12-5-4-6-13(15)9-12/h4-6,9,11,14,17H,3,7-8H2,1-2H3/t11-,14+/m0/s1. The molecule has 0 aliphatic carbocycles. The first kappa shape index (κ1) is 16.6. The highest BCUT2D eigenvalue weighted by atomic mass is 32.2. The van der Waals surface area contributed by atoms with Crippen LogP contribution >= 0.6 is 0 Å². The zero-order chi connectivity index (χ0) is 15.2. The van der Waals surface area contributed by atoms with Gasteiger partial charge in [0, 0.05) is 6.04 Å². The van der Waals surface area contributed by atoms with Crippen LogP contribution in [-0.2, 0) is 16.4 Å². The molecule has 0 aliphatic rings. The van der Waals surface area contributed by atoms with Gasteiger partial charge in [-0.3, -0.25) is 0 Å². The highest BCUT2D eigenvalue weighted by molar-refractivity contribution is 7.90. The Bertz CT molecular complexity index is 581. The van der Waals surface area contributed by atoms with E-state index in [4.69, 9.17) is 5.26 Å². The SMILES string of the molecule is CC[C@H](C#N)S(=O)(=O)N[C@@H](C)CCc1cccc(F)c1. The van der Waals surface area contributed by atoms with Crippen LogP contribution in [0.15, 0.2) is 24.3 Å². The molecule has 0 aromatic heterocycles. The monoisotopic (exact) mass is 298 g/mol. The minimum atomic E-state index is -3.62. The van der Waals surface area contributed by atoms with Gasteiger partial charge in [0.05, 0.1) is 6.07 Å². The number of nitrogens with one attached hydrogen (secondary N) is 1. The molecule has 1 rings (SSSR count). The molecule has 0 fully saturated rings. The maximum absolute atomic E-state index is 13.0. The minimum Gasteiger partial charge on any atom is -0.211 e. The quantitative estimate of drug-likeness (QED) is 0.840. The maximum atomic E-state index is 13.0. The zero-order valence-corrected chi connectivity index (χ0v) is 12.5. The Morgan fingerprint density at radius 3 is 2.70 bits per heavy atom. The average molecular weight is 298 g/mol. The second-order valence-corrected chi connectivity index (χ2v) is 6.65. The molecule has 4 nitrogen and oxygen atoms in total. The summed E-state index contributed by atoms with van der Waals surface area (Å²) in [5, 5.41) is 7.77. The van der Waals surface area contributed by atoms with E-state index in [0.717, 1.165) is 5.56 Å². The topological polar surface area (TPSA) is 70.0 Å². The van der Waals surface area contributed by atoms with Crippen molar-refractivity contribution >= 4 is 10.0 Å². The van der Waals surface area contributed by atoms with E-state index >= 15 is 0 Å². The highest BCUT2D eigenvalue weighted by Crippen LogP contribution is 2.10. The molecule has 110 valence electrons. The van der Waals surface area contributed by atoms with Crippen molar-refractivity contribution < 1.29 is 12.8 Å². The van der Waals surface area contributed by atoms with Crippen molar-refractivity contribution in [1.82, 2.24) is 4.72 Å². The van der Waals surface area contributed by atoms with Crippen molar-refractivity contribution in [3.63, 3.8) is 0 Å². The number of sulfonamides is 1. The van der Waals surface area contributed by atoms with E-state index in [9.17, 15) is 12.8 Å². The van der Waals surface area contributed by atoms with Crippen molar-refractivity contribution in [3.05, 3.63) is 35.6 Å². The molecular formula is C14H19FN2O2S. The normalized spacial score (nSPS) is 14.5. The molecule has 0 heterocycles. The number of aryl methyl sites for hydroxylation is 1. The number of nitriles is 1. The fourth-order valence-electron chi connectivity index (χ4n) is 1.88. The Labute approximate surface area is 119 Å². The molecule has 0 aliphatic heterocycles. The number of halogens is 1. The summed E-state index contributed by atoms with van der Waals surface area (Å²) in [4.78, 5) is 0. The molecule has 0 radical (unpaired) electrons. The van der Waals surface area contributed by atoms with Crippen LogP contribution in [0.3, 0.4) is 0 Å². The molecule has 1 aromatic carbocycles. The highest BCUT2D eigenvalue weighted by Gasteiger charge is 2.24. The van der Waals surface area contributed by atoms with Crippen molar-refractivity contribution in [2.75, 3.05) is 0 Å². The summed E-state index contributed by atoms with van der Waals surface area (Å²) in [6.45, 7) is 3.39. The first-order valence-corrected chi connectivity index (χ1v) is 8.09. The van der Waals surface area contributed by atoms with Crippen molar-refractivity contribution in [3.8, 4) is 6.07 Å². The molecule has 0 saturated carbocycles. The van der Waals surface area contributed by atoms with Crippen LogP contribution in [0.5, 0.6) is 0 Å². The summed E-state index contributed by atoms with van der Waals surface area (Å²) in [6, 6.07) is 7.71. The Balaban J connectivity index is 2.56. The second kappa shape index (κ2) is 7.36. The summed E-state index contributed by atoms with van der Waals surface area (Å²) in [7, 11) is -3.62. The number of benzene rings is 1. The predicted octanol–water partition coefficient (Wildman–Crippen LogP) is 2.37. The summed E-state index contributed by atoms with van der Waals surface area (Å²) in [5.41, 5.74) is 0.823. The van der Waals surface area contributed by atoms with Crippen molar-refractivity contribution in [2.45, 2.75) is 44.4 Å². The van der Waals surface area contributed by atoms with Crippen LogP contribution < -0.4 is 4.72 Å². The summed E-state index contributed by atoms with van der Waals surface area (Å²) in [6.07, 6.45) is 1.37. The van der Waals surface area contributed by atoms with Crippen molar-refractivity contribution in [2.24, 2.45) is 0 Å². The van der Waals surface area contributed by atoms with Crippen LogP contribution in [0, 0.1) is 17.1 Å². The van der Waals surface area contributed by atoms with Crippen LogP contribution in [0.1, 0.15) is 32.3 Å². The van der Waals surface area contributed by atoms with Crippen LogP contribution in [0.4, 0.5) is 4.39 Å². The minimum absolute atomic E-state index is 0.252. The van der Waals surface area contributed by atoms with E-state index < -0.39 is 15.3 Å². The van der Waals surface area contributed by atoms with Gasteiger partial charge in [0.25, 0.3) is 0 Å². The van der Waals surface area contributed by atoms with Gasteiger partial charge < -0.3 is 0 Å². The Morgan fingerprint density at radius 1 is 1.45 bits per heavy atom. The number of hydrogen-bond donors (Lipinski definition) is 1. The number of rotatable bonds is 7. The van der Waals surface area contributed by atoms with Gasteiger partial charge in [-0.1, -0.05) is 19.1 Å². The van der Waals surface area contributed by atoms with E-state index in [2.05, 4.69) is 4.72 Å². The van der Waals surface area contributed by atoms with Crippen LogP contribution in [0.2, 0.25) is 0 Å². The number of hydrogen-bond acceptors (Lipinski definition) is 3. The van der Waals surface area contributed by atoms with Crippen LogP contribution in [0.25, 0.3) is 0 Å². The van der Waals surface area contributed by atoms with E-state index in [1.165, 1.54) is 12.1 Å². The molecule has 0 amide bonds. The fourth-order valence-corrected chi connectivity index (χ4v) is 3.30. The van der Waals surface area contributed by atoms with Crippen LogP contribution in [-0.4, -0.2) is 19.7 Å². The first-order chi connectivity index (χ1) is 9.39. The molecule has 6 heteroatoms. The molecule has 1 aromatic rings. The van der Waals surface area contributed by atoms with Gasteiger partial charge in [-0.15, -0.1) is 0 Å². The lowest BCUT2D eigenvalue weighted by Crippen LogP contribution is -2.39. The number of nitrogens with zero attached hydrogens (tertiary/aromatic N) is 1. The molecule has 2 atom stereocenters. The zero-order valence-electron chi connectivity index (χ0n) is 11.6. The van der Waals surface area contributed by atoms with Gasteiger partial charge in [0.2, 0.25) is 10.0 Å². The third-order valence-electron chi connectivity index (χ3n) is 3.01. The summed E-state index contributed by atoms with van der Waals surface area (Å²) < 4.78 is 39.3. The third-order valence-corrected chi connectivity index (χ3v) is 4.93. The summed E-state index contributed by atoms with van der Waals surface area (Å²) in [5.74, 6) is -0.300. The second-order valence-electron chi connectivity index (χ2n) is 4.76. The fraction of sp³-hybridized carbons (Fsp3) is 0.500. The molecule has 0 spiro atoms. The van der Waals surface area contributed by atoms with E-state index in [0.29, 0.717) is 12.8 Å². The lowest BCUT2D eigenvalue weighted by atomic mass is 10.1. The van der Waals surface area contributed by atoms with Gasteiger partial charge in [0.15, 0.2) is 5.25 Å². The molecule has 1 N–H and O–H groups in total. The Kier molecular flexibility index (Phi) is 6.11. The molecular weight excluding hydrogens is 279 g/mol. The third kappa shape index (κ3) is 4.91. The van der Waals surface area contributed by atoms with Gasteiger partial charge in [-0.05, 0) is 43.9 Å². The Hall–Kier alpha value is -1.45. The lowest BCUT2D eigenvalue weighted by Gasteiger charge is -2.16. The van der Waals surface area contributed by atoms with E-state index in [-0.39, 0.29) is 18.3 Å². The lowest BCUT2D eigenvalue weighted by molar-refractivity contribution is 0.539. The van der Waals surface area contributed by atoms with Gasteiger partial charge in [-0.25, -0.2) is 17.5 Å². The summed E-state index contributed by atoms with van der Waals surface area (Å²) >= 11 is 0. The Morgan fingerprint density at radius 2 is 2.15 bits per heavy atom. The van der Waals surface area contributed by atoms with E-state index in [1.807, 2.05) is 0 Å². The largest absolute Gasteiger partial charge is 0.228 e.